The Morgan fingerprint density at radius 2 is 1.42 bits per heavy atom. The fraction of sp³-hybridized carbons (Fsp3) is 0.200. The molecule has 0 heterocycles. The molecule has 0 bridgehead atoms. The molecule has 8 heteroatoms. The van der Waals surface area contributed by atoms with Crippen molar-refractivity contribution in [3.05, 3.63) is 71.3 Å². The number of ether oxygens (including phenoxy) is 4. The molecular formula is C25H26O7S. The summed E-state index contributed by atoms with van der Waals surface area (Å²) in [5.41, 5.74) is 2.16. The summed E-state index contributed by atoms with van der Waals surface area (Å²) in [7, 11) is 2.32. The predicted molar refractivity (Wildman–Crippen MR) is 127 cm³/mol. The lowest BCUT2D eigenvalue weighted by Gasteiger charge is -2.13. The monoisotopic (exact) mass is 470 g/mol. The lowest BCUT2D eigenvalue weighted by Crippen LogP contribution is -2.06. The van der Waals surface area contributed by atoms with E-state index in [1.54, 1.807) is 38.5 Å². The van der Waals surface area contributed by atoms with Crippen LogP contribution in [0.3, 0.4) is 0 Å². The van der Waals surface area contributed by atoms with Gasteiger partial charge in [-0.25, -0.2) is 8.42 Å². The molecule has 0 amide bonds. The van der Waals surface area contributed by atoms with Crippen molar-refractivity contribution in [2.24, 2.45) is 0 Å². The second-order valence-corrected chi connectivity index (χ2v) is 9.07. The molecule has 0 unspecified atom stereocenters. The summed E-state index contributed by atoms with van der Waals surface area (Å²) in [4.78, 5) is 0.0178. The Morgan fingerprint density at radius 1 is 0.788 bits per heavy atom. The number of phenols is 1. The van der Waals surface area contributed by atoms with Crippen LogP contribution in [0.1, 0.15) is 16.7 Å². The molecule has 3 aromatic carbocycles. The molecule has 174 valence electrons. The summed E-state index contributed by atoms with van der Waals surface area (Å²) in [6.45, 7) is 0. The van der Waals surface area contributed by atoms with Crippen LogP contribution in [0.2, 0.25) is 0 Å². The van der Waals surface area contributed by atoms with Gasteiger partial charge < -0.3 is 24.1 Å². The fourth-order valence-corrected chi connectivity index (χ4v) is 4.77. The van der Waals surface area contributed by atoms with Gasteiger partial charge in [-0.05, 0) is 41.0 Å². The average molecular weight is 471 g/mol. The third-order valence-corrected chi connectivity index (χ3v) is 6.72. The summed E-state index contributed by atoms with van der Waals surface area (Å²) in [6, 6.07) is 14.9. The summed E-state index contributed by atoms with van der Waals surface area (Å²) < 4.78 is 47.1. The minimum absolute atomic E-state index is 0.0178. The van der Waals surface area contributed by atoms with Gasteiger partial charge in [-0.2, -0.15) is 0 Å². The zero-order valence-corrected chi connectivity index (χ0v) is 19.7. The van der Waals surface area contributed by atoms with Gasteiger partial charge in [-0.3, -0.25) is 0 Å². The van der Waals surface area contributed by atoms with Crippen LogP contribution in [0.25, 0.3) is 12.2 Å². The van der Waals surface area contributed by atoms with E-state index < -0.39 is 9.84 Å². The molecule has 0 atom stereocenters. The number of hydrogen-bond acceptors (Lipinski definition) is 7. The fourth-order valence-electron chi connectivity index (χ4n) is 3.36. The van der Waals surface area contributed by atoms with Gasteiger partial charge in [0, 0.05) is 6.07 Å². The van der Waals surface area contributed by atoms with Crippen LogP contribution in [0.15, 0.2) is 59.5 Å². The summed E-state index contributed by atoms with van der Waals surface area (Å²) in [5.74, 6) is 1.29. The smallest absolute Gasteiger partial charge is 0.203 e. The van der Waals surface area contributed by atoms with Crippen molar-refractivity contribution >= 4 is 22.0 Å². The Labute approximate surface area is 193 Å². The second kappa shape index (κ2) is 10.3. The maximum Gasteiger partial charge on any atom is 0.203 e. The quantitative estimate of drug-likeness (QED) is 0.458. The normalized spacial score (nSPS) is 11.4. The van der Waals surface area contributed by atoms with Gasteiger partial charge in [0.05, 0.1) is 39.1 Å². The second-order valence-electron chi connectivity index (χ2n) is 7.08. The highest BCUT2D eigenvalue weighted by molar-refractivity contribution is 7.90. The third-order valence-electron chi connectivity index (χ3n) is 5.05. The van der Waals surface area contributed by atoms with Crippen LogP contribution < -0.4 is 18.9 Å². The zero-order chi connectivity index (χ0) is 24.0. The van der Waals surface area contributed by atoms with E-state index in [0.29, 0.717) is 22.8 Å². The summed E-state index contributed by atoms with van der Waals surface area (Å²) in [5, 5.41) is 9.98. The van der Waals surface area contributed by atoms with Crippen LogP contribution in [0, 0.1) is 0 Å². The van der Waals surface area contributed by atoms with Crippen molar-refractivity contribution in [2.75, 3.05) is 28.4 Å². The molecule has 0 aromatic heterocycles. The van der Waals surface area contributed by atoms with E-state index in [9.17, 15) is 13.5 Å². The zero-order valence-electron chi connectivity index (χ0n) is 18.9. The van der Waals surface area contributed by atoms with Gasteiger partial charge in [0.2, 0.25) is 5.75 Å². The van der Waals surface area contributed by atoms with E-state index >= 15 is 0 Å². The van der Waals surface area contributed by atoms with Gasteiger partial charge in [0.1, 0.15) is 0 Å². The van der Waals surface area contributed by atoms with Crippen LogP contribution in [-0.4, -0.2) is 42.0 Å². The molecule has 0 aliphatic rings. The minimum Gasteiger partial charge on any atom is -0.504 e. The Balaban J connectivity index is 1.93. The van der Waals surface area contributed by atoms with Crippen molar-refractivity contribution in [3.63, 3.8) is 0 Å². The molecule has 33 heavy (non-hydrogen) atoms. The Bertz CT molecular complexity index is 1240. The topological polar surface area (TPSA) is 91.3 Å². The van der Waals surface area contributed by atoms with Gasteiger partial charge in [0.15, 0.2) is 32.8 Å². The summed E-state index contributed by atoms with van der Waals surface area (Å²) >= 11 is 0. The minimum atomic E-state index is -3.70. The Morgan fingerprint density at radius 3 is 2.00 bits per heavy atom. The number of phenolic OH excluding ortho intramolecular Hbond substituents is 1. The molecule has 0 aliphatic carbocycles. The molecule has 1 N–H and O–H groups in total. The first kappa shape index (κ1) is 24.0. The van der Waals surface area contributed by atoms with E-state index in [2.05, 4.69) is 0 Å². The molecule has 3 aromatic rings. The van der Waals surface area contributed by atoms with E-state index in [1.807, 2.05) is 24.3 Å². The summed E-state index contributed by atoms with van der Waals surface area (Å²) in [6.07, 6.45) is 3.67. The highest BCUT2D eigenvalue weighted by atomic mass is 32.2. The molecule has 0 saturated carbocycles. The van der Waals surface area contributed by atoms with E-state index in [4.69, 9.17) is 18.9 Å². The molecule has 3 rings (SSSR count). The first-order chi connectivity index (χ1) is 15.8. The largest absolute Gasteiger partial charge is 0.504 e. The van der Waals surface area contributed by atoms with E-state index in [1.165, 1.54) is 32.4 Å². The first-order valence-corrected chi connectivity index (χ1v) is 11.6. The first-order valence-electron chi connectivity index (χ1n) is 9.98. The van der Waals surface area contributed by atoms with E-state index in [0.717, 1.165) is 11.1 Å². The van der Waals surface area contributed by atoms with E-state index in [-0.39, 0.29) is 22.1 Å². The van der Waals surface area contributed by atoms with Crippen molar-refractivity contribution in [2.45, 2.75) is 10.6 Å². The maximum atomic E-state index is 13.0. The molecule has 0 spiro atoms. The maximum absolute atomic E-state index is 13.0. The van der Waals surface area contributed by atoms with Crippen LogP contribution in [0.5, 0.6) is 28.7 Å². The SMILES string of the molecule is COc1ccc(S(=O)(=O)Cc2ccccc2/C=C\c2cc(OC)c(OC)c(OC)c2)cc1O. The van der Waals surface area contributed by atoms with Crippen LogP contribution >= 0.6 is 0 Å². The average Bonchev–Trinajstić information content (AvgIpc) is 2.82. The van der Waals surface area contributed by atoms with Crippen molar-refractivity contribution in [3.8, 4) is 28.7 Å². The van der Waals surface area contributed by atoms with Crippen molar-refractivity contribution in [1.82, 2.24) is 0 Å². The highest BCUT2D eigenvalue weighted by Gasteiger charge is 2.19. The van der Waals surface area contributed by atoms with Gasteiger partial charge in [-0.15, -0.1) is 0 Å². The standard InChI is InChI=1S/C25H26O7S/c1-29-22-12-11-20(15-21(22)26)33(27,28)16-19-8-6-5-7-18(19)10-9-17-13-23(30-2)25(32-4)24(14-17)31-3/h5-15,26H,16H2,1-4H3/b10-9-. The number of benzene rings is 3. The Hall–Kier alpha value is -3.65. The van der Waals surface area contributed by atoms with Crippen molar-refractivity contribution in [1.29, 1.82) is 0 Å². The molecule has 0 saturated heterocycles. The Kier molecular flexibility index (Phi) is 7.50. The number of aromatic hydroxyl groups is 1. The van der Waals surface area contributed by atoms with Gasteiger partial charge in [-0.1, -0.05) is 36.4 Å². The third kappa shape index (κ3) is 5.40. The molecule has 0 fully saturated rings. The van der Waals surface area contributed by atoms with Gasteiger partial charge in [0.25, 0.3) is 0 Å². The lowest BCUT2D eigenvalue weighted by atomic mass is 10.1. The number of sulfone groups is 1. The molecular weight excluding hydrogens is 444 g/mol. The number of methoxy groups -OCH3 is 4. The van der Waals surface area contributed by atoms with Crippen molar-refractivity contribution < 1.29 is 32.5 Å². The molecule has 0 radical (unpaired) electrons. The molecule has 0 aliphatic heterocycles. The highest BCUT2D eigenvalue weighted by Crippen LogP contribution is 2.38. The number of rotatable bonds is 9. The molecule has 7 nitrogen and oxygen atoms in total. The van der Waals surface area contributed by atoms with Gasteiger partial charge >= 0.3 is 0 Å². The van der Waals surface area contributed by atoms with Crippen LogP contribution in [-0.2, 0) is 15.6 Å². The predicted octanol–water partition coefficient (Wildman–Crippen LogP) is 4.57. The number of hydrogen-bond donors (Lipinski definition) is 1. The lowest BCUT2D eigenvalue weighted by molar-refractivity contribution is 0.324. The van der Waals surface area contributed by atoms with Crippen LogP contribution in [0.4, 0.5) is 0 Å².